The summed E-state index contributed by atoms with van der Waals surface area (Å²) in [7, 11) is -0.424. The molecule has 1 aromatic carbocycles. The summed E-state index contributed by atoms with van der Waals surface area (Å²) in [6, 6.07) is 7.05. The molecule has 0 aromatic heterocycles. The first-order chi connectivity index (χ1) is 13.6. The molecule has 1 aromatic rings. The zero-order chi connectivity index (χ0) is 21.2. The average Bonchev–Trinajstić information content (AvgIpc) is 2.89. The fourth-order valence-electron chi connectivity index (χ4n) is 3.90. The summed E-state index contributed by atoms with van der Waals surface area (Å²) in [5.74, 6) is -0.567. The third-order valence-corrected chi connectivity index (χ3v) is 6.58. The molecule has 2 aliphatic rings. The fraction of sp³-hybridized carbons (Fsp3) is 0.636. The summed E-state index contributed by atoms with van der Waals surface area (Å²) in [5, 5.41) is 2.86. The van der Waals surface area contributed by atoms with Gasteiger partial charge in [0, 0.05) is 12.3 Å². The minimum Gasteiger partial charge on any atom is -0.399 e. The van der Waals surface area contributed by atoms with Crippen LogP contribution in [0.25, 0.3) is 0 Å². The minimum absolute atomic E-state index is 0.00338. The van der Waals surface area contributed by atoms with Crippen LogP contribution in [0.1, 0.15) is 65.4 Å². The van der Waals surface area contributed by atoms with E-state index in [2.05, 4.69) is 5.32 Å². The van der Waals surface area contributed by atoms with E-state index < -0.39 is 30.3 Å². The molecular weight excluding hydrogens is 367 g/mol. The first-order valence-corrected chi connectivity index (χ1v) is 10.6. The van der Waals surface area contributed by atoms with Gasteiger partial charge in [0.1, 0.15) is 6.04 Å². The minimum atomic E-state index is -0.702. The summed E-state index contributed by atoms with van der Waals surface area (Å²) in [5.41, 5.74) is 6.63. The molecular formula is C22H33BN2O4. The SMILES string of the molecule is CC1(C)OB(c2ccc(C[C@H](NC(=O)C3CCCCC3)C(N)=O)cc2)OC1(C)C. The van der Waals surface area contributed by atoms with E-state index in [-0.39, 0.29) is 11.8 Å². The van der Waals surface area contributed by atoms with Gasteiger partial charge in [0.15, 0.2) is 0 Å². The number of primary amides is 1. The molecule has 1 aliphatic carbocycles. The van der Waals surface area contributed by atoms with Crippen LogP contribution in [-0.4, -0.2) is 36.2 Å². The van der Waals surface area contributed by atoms with Crippen molar-refractivity contribution in [3.05, 3.63) is 29.8 Å². The van der Waals surface area contributed by atoms with Crippen LogP contribution in [0.2, 0.25) is 0 Å². The third kappa shape index (κ3) is 5.01. The first-order valence-electron chi connectivity index (χ1n) is 10.6. The van der Waals surface area contributed by atoms with Crippen molar-refractivity contribution >= 4 is 24.4 Å². The number of nitrogens with two attached hydrogens (primary N) is 1. The van der Waals surface area contributed by atoms with Crippen LogP contribution in [0.4, 0.5) is 0 Å². The molecule has 1 saturated carbocycles. The van der Waals surface area contributed by atoms with Crippen LogP contribution in [0.15, 0.2) is 24.3 Å². The molecule has 1 atom stereocenters. The van der Waals surface area contributed by atoms with Crippen LogP contribution in [0.5, 0.6) is 0 Å². The molecule has 6 nitrogen and oxygen atoms in total. The zero-order valence-corrected chi connectivity index (χ0v) is 18.0. The molecule has 29 heavy (non-hydrogen) atoms. The van der Waals surface area contributed by atoms with E-state index in [9.17, 15) is 9.59 Å². The summed E-state index contributed by atoms with van der Waals surface area (Å²) in [6.07, 6.45) is 5.47. The Morgan fingerprint density at radius 1 is 1.07 bits per heavy atom. The maximum atomic E-state index is 12.5. The van der Waals surface area contributed by atoms with E-state index in [0.29, 0.717) is 6.42 Å². The molecule has 0 spiro atoms. The predicted molar refractivity (Wildman–Crippen MR) is 114 cm³/mol. The highest BCUT2D eigenvalue weighted by atomic mass is 16.7. The number of nitrogens with one attached hydrogen (secondary N) is 1. The quantitative estimate of drug-likeness (QED) is 0.716. The lowest BCUT2D eigenvalue weighted by Crippen LogP contribution is -2.48. The van der Waals surface area contributed by atoms with Gasteiger partial charge in [-0.1, -0.05) is 43.5 Å². The molecule has 3 rings (SSSR count). The zero-order valence-electron chi connectivity index (χ0n) is 18.0. The second kappa shape index (κ2) is 8.48. The number of carbonyl (C=O) groups excluding carboxylic acids is 2. The largest absolute Gasteiger partial charge is 0.494 e. The van der Waals surface area contributed by atoms with Crippen LogP contribution in [0.3, 0.4) is 0 Å². The van der Waals surface area contributed by atoms with Gasteiger partial charge >= 0.3 is 7.12 Å². The number of rotatable bonds is 6. The van der Waals surface area contributed by atoms with Gasteiger partial charge < -0.3 is 20.4 Å². The maximum Gasteiger partial charge on any atom is 0.494 e. The lowest BCUT2D eigenvalue weighted by Gasteiger charge is -2.32. The number of hydrogen-bond donors (Lipinski definition) is 2. The predicted octanol–water partition coefficient (Wildman–Crippen LogP) is 2.08. The van der Waals surface area contributed by atoms with Crippen LogP contribution in [0, 0.1) is 5.92 Å². The van der Waals surface area contributed by atoms with Crippen LogP contribution < -0.4 is 16.5 Å². The fourth-order valence-corrected chi connectivity index (χ4v) is 3.90. The maximum absolute atomic E-state index is 12.5. The van der Waals surface area contributed by atoms with Crippen molar-refractivity contribution in [3.63, 3.8) is 0 Å². The third-order valence-electron chi connectivity index (χ3n) is 6.58. The molecule has 1 heterocycles. The van der Waals surface area contributed by atoms with Crippen molar-refractivity contribution in [3.8, 4) is 0 Å². The first kappa shape index (κ1) is 21.8. The standard InChI is InChI=1S/C22H33BN2O4/c1-21(2)22(3,4)29-23(28-21)17-12-10-15(11-13-17)14-18(19(24)26)25-20(27)16-8-6-5-7-9-16/h10-13,16,18H,5-9,14H2,1-4H3,(H2,24,26)(H,25,27)/t18-/m0/s1. The van der Waals surface area contributed by atoms with Crippen molar-refractivity contribution in [2.75, 3.05) is 0 Å². The Labute approximate surface area is 174 Å². The summed E-state index contributed by atoms with van der Waals surface area (Å²) < 4.78 is 12.2. The van der Waals surface area contributed by atoms with Gasteiger partial charge in [0.25, 0.3) is 0 Å². The van der Waals surface area contributed by atoms with Crippen molar-refractivity contribution in [1.29, 1.82) is 0 Å². The van der Waals surface area contributed by atoms with E-state index >= 15 is 0 Å². The smallest absolute Gasteiger partial charge is 0.399 e. The number of carbonyl (C=O) groups is 2. The van der Waals surface area contributed by atoms with Gasteiger partial charge in [-0.15, -0.1) is 0 Å². The second-order valence-electron chi connectivity index (χ2n) is 9.33. The average molecular weight is 400 g/mol. The molecule has 158 valence electrons. The van der Waals surface area contributed by atoms with E-state index in [1.54, 1.807) is 0 Å². The summed E-state index contributed by atoms with van der Waals surface area (Å²) >= 11 is 0. The molecule has 0 unspecified atom stereocenters. The highest BCUT2D eigenvalue weighted by molar-refractivity contribution is 6.62. The Morgan fingerprint density at radius 3 is 2.14 bits per heavy atom. The topological polar surface area (TPSA) is 90.6 Å². The Balaban J connectivity index is 1.62. The van der Waals surface area contributed by atoms with Gasteiger partial charge in [-0.05, 0) is 51.6 Å². The lowest BCUT2D eigenvalue weighted by molar-refractivity contribution is -0.130. The van der Waals surface area contributed by atoms with Crippen LogP contribution in [-0.2, 0) is 25.3 Å². The summed E-state index contributed by atoms with van der Waals surface area (Å²) in [6.45, 7) is 8.09. The van der Waals surface area contributed by atoms with Gasteiger partial charge in [-0.25, -0.2) is 0 Å². The van der Waals surface area contributed by atoms with Crippen LogP contribution >= 0.6 is 0 Å². The van der Waals surface area contributed by atoms with Crippen molar-refractivity contribution in [2.45, 2.75) is 83.5 Å². The highest BCUT2D eigenvalue weighted by Crippen LogP contribution is 2.36. The van der Waals surface area contributed by atoms with Gasteiger partial charge in [0.2, 0.25) is 11.8 Å². The Hall–Kier alpha value is -1.86. The summed E-state index contributed by atoms with van der Waals surface area (Å²) in [4.78, 5) is 24.4. The van der Waals surface area contributed by atoms with Gasteiger partial charge in [0.05, 0.1) is 11.2 Å². The highest BCUT2D eigenvalue weighted by Gasteiger charge is 2.51. The normalized spacial score (nSPS) is 22.3. The van der Waals surface area contributed by atoms with E-state index in [1.807, 2.05) is 52.0 Å². The Morgan fingerprint density at radius 2 is 1.62 bits per heavy atom. The molecule has 7 heteroatoms. The Bertz CT molecular complexity index is 726. The van der Waals surface area contributed by atoms with Crippen molar-refractivity contribution in [1.82, 2.24) is 5.32 Å². The molecule has 2 amide bonds. The molecule has 0 radical (unpaired) electrons. The molecule has 3 N–H and O–H groups in total. The van der Waals surface area contributed by atoms with E-state index in [0.717, 1.165) is 36.7 Å². The van der Waals surface area contributed by atoms with Crippen molar-refractivity contribution < 1.29 is 18.9 Å². The molecule has 2 fully saturated rings. The van der Waals surface area contributed by atoms with Gasteiger partial charge in [-0.3, -0.25) is 9.59 Å². The number of amides is 2. The van der Waals surface area contributed by atoms with Gasteiger partial charge in [-0.2, -0.15) is 0 Å². The number of benzene rings is 1. The molecule has 0 bridgehead atoms. The monoisotopic (exact) mass is 400 g/mol. The second-order valence-corrected chi connectivity index (χ2v) is 9.33. The lowest BCUT2D eigenvalue weighted by atomic mass is 9.78. The van der Waals surface area contributed by atoms with E-state index in [1.165, 1.54) is 6.42 Å². The van der Waals surface area contributed by atoms with E-state index in [4.69, 9.17) is 15.0 Å². The Kier molecular flexibility index (Phi) is 6.39. The molecule has 1 saturated heterocycles. The molecule has 1 aliphatic heterocycles. The number of hydrogen-bond acceptors (Lipinski definition) is 4. The van der Waals surface area contributed by atoms with Crippen molar-refractivity contribution in [2.24, 2.45) is 11.7 Å².